The minimum Gasteiger partial charge on any atom is -0.493 e. The van der Waals surface area contributed by atoms with E-state index in [2.05, 4.69) is 11.1 Å². The van der Waals surface area contributed by atoms with E-state index in [-0.39, 0.29) is 11.6 Å². The van der Waals surface area contributed by atoms with Gasteiger partial charge >= 0.3 is 0 Å². The second kappa shape index (κ2) is 8.07. The van der Waals surface area contributed by atoms with Crippen molar-refractivity contribution in [2.45, 2.75) is 25.0 Å². The summed E-state index contributed by atoms with van der Waals surface area (Å²) in [6, 6.07) is 16.6. The van der Waals surface area contributed by atoms with E-state index in [4.69, 9.17) is 10.00 Å². The van der Waals surface area contributed by atoms with Gasteiger partial charge in [0.15, 0.2) is 5.16 Å². The summed E-state index contributed by atoms with van der Waals surface area (Å²) in [6.45, 7) is 4.41. The first-order chi connectivity index (χ1) is 12.6. The van der Waals surface area contributed by atoms with Gasteiger partial charge in [-0.15, -0.1) is 0 Å². The van der Waals surface area contributed by atoms with Crippen molar-refractivity contribution in [1.29, 1.82) is 5.26 Å². The van der Waals surface area contributed by atoms with E-state index in [0.717, 1.165) is 0 Å². The Hall–Kier alpha value is -2.78. The highest BCUT2D eigenvalue weighted by atomic mass is 32.2. The van der Waals surface area contributed by atoms with E-state index in [1.165, 1.54) is 11.8 Å². The number of ether oxygens (including phenoxy) is 1. The van der Waals surface area contributed by atoms with E-state index in [9.17, 15) is 4.79 Å². The zero-order chi connectivity index (χ0) is 18.5. The zero-order valence-corrected chi connectivity index (χ0v) is 15.5. The van der Waals surface area contributed by atoms with Crippen molar-refractivity contribution in [2.24, 2.45) is 0 Å². The largest absolute Gasteiger partial charge is 0.493 e. The third kappa shape index (κ3) is 3.89. The van der Waals surface area contributed by atoms with Crippen molar-refractivity contribution < 1.29 is 4.74 Å². The van der Waals surface area contributed by atoms with Crippen LogP contribution in [0.15, 0.2) is 58.5 Å². The van der Waals surface area contributed by atoms with Crippen LogP contribution in [0.3, 0.4) is 0 Å². The smallest absolute Gasteiger partial charge is 0.262 e. The van der Waals surface area contributed by atoms with Crippen LogP contribution in [0.5, 0.6) is 5.75 Å². The number of aromatic nitrogens is 2. The summed E-state index contributed by atoms with van der Waals surface area (Å²) in [4.78, 5) is 17.4. The Balaban J connectivity index is 1.75. The Morgan fingerprint density at radius 2 is 2.04 bits per heavy atom. The van der Waals surface area contributed by atoms with Gasteiger partial charge in [0.25, 0.3) is 5.56 Å². The highest BCUT2D eigenvalue weighted by Crippen LogP contribution is 2.21. The van der Waals surface area contributed by atoms with Crippen molar-refractivity contribution in [3.05, 3.63) is 64.4 Å². The van der Waals surface area contributed by atoms with Gasteiger partial charge in [0.1, 0.15) is 5.75 Å². The van der Waals surface area contributed by atoms with Crippen LogP contribution in [0.4, 0.5) is 0 Å². The molecule has 0 bridgehead atoms. The third-order valence-electron chi connectivity index (χ3n) is 3.84. The monoisotopic (exact) mass is 365 g/mol. The summed E-state index contributed by atoms with van der Waals surface area (Å²) in [7, 11) is 0. The Morgan fingerprint density at radius 1 is 1.23 bits per heavy atom. The molecular weight excluding hydrogens is 346 g/mol. The topological polar surface area (TPSA) is 67.9 Å². The molecular formula is C20H19N3O2S. The summed E-state index contributed by atoms with van der Waals surface area (Å²) in [6.07, 6.45) is 0. The van der Waals surface area contributed by atoms with Gasteiger partial charge in [-0.1, -0.05) is 30.0 Å². The van der Waals surface area contributed by atoms with Gasteiger partial charge in [-0.3, -0.25) is 9.36 Å². The van der Waals surface area contributed by atoms with Gasteiger partial charge in [0, 0.05) is 11.8 Å². The first-order valence-corrected chi connectivity index (χ1v) is 9.35. The lowest BCUT2D eigenvalue weighted by molar-refractivity contribution is 0.343. The molecule has 132 valence electrons. The molecule has 5 nitrogen and oxygen atoms in total. The van der Waals surface area contributed by atoms with Gasteiger partial charge in [-0.25, -0.2) is 4.98 Å². The van der Waals surface area contributed by atoms with E-state index in [1.54, 1.807) is 22.8 Å². The number of benzene rings is 2. The molecule has 0 amide bonds. The van der Waals surface area contributed by atoms with E-state index in [0.29, 0.717) is 39.7 Å². The first-order valence-electron chi connectivity index (χ1n) is 8.37. The summed E-state index contributed by atoms with van der Waals surface area (Å²) < 4.78 is 7.43. The predicted molar refractivity (Wildman–Crippen MR) is 104 cm³/mol. The van der Waals surface area contributed by atoms with Crippen LogP contribution in [0, 0.1) is 11.3 Å². The summed E-state index contributed by atoms with van der Waals surface area (Å²) in [5, 5.41) is 10.3. The molecule has 0 aliphatic rings. The van der Waals surface area contributed by atoms with Gasteiger partial charge in [-0.05, 0) is 44.2 Å². The van der Waals surface area contributed by atoms with Crippen LogP contribution in [0.1, 0.15) is 25.5 Å². The van der Waals surface area contributed by atoms with E-state index < -0.39 is 0 Å². The highest BCUT2D eigenvalue weighted by molar-refractivity contribution is 7.99. The van der Waals surface area contributed by atoms with Crippen LogP contribution in [-0.4, -0.2) is 21.9 Å². The maximum atomic E-state index is 12.8. The standard InChI is InChI=1S/C20H19N3O2S/c1-14(2)23-19(24)17-8-3-4-9-18(17)22-20(23)26-11-10-25-16-7-5-6-15(12-16)13-21/h3-9,12,14H,10-11H2,1-2H3. The average Bonchev–Trinajstić information content (AvgIpc) is 2.65. The lowest BCUT2D eigenvalue weighted by atomic mass is 10.2. The molecule has 0 radical (unpaired) electrons. The fourth-order valence-corrected chi connectivity index (χ4v) is 3.58. The average molecular weight is 365 g/mol. The molecule has 1 heterocycles. The molecule has 3 aromatic rings. The highest BCUT2D eigenvalue weighted by Gasteiger charge is 2.13. The lowest BCUT2D eigenvalue weighted by Crippen LogP contribution is -2.25. The van der Waals surface area contributed by atoms with E-state index >= 15 is 0 Å². The fourth-order valence-electron chi connectivity index (χ4n) is 2.63. The van der Waals surface area contributed by atoms with Crippen LogP contribution >= 0.6 is 11.8 Å². The zero-order valence-electron chi connectivity index (χ0n) is 14.7. The molecule has 0 unspecified atom stereocenters. The molecule has 0 fully saturated rings. The van der Waals surface area contributed by atoms with Gasteiger partial charge in [0.05, 0.1) is 29.1 Å². The SMILES string of the molecule is CC(C)n1c(SCCOc2cccc(C#N)c2)nc2ccccc2c1=O. The maximum absolute atomic E-state index is 12.8. The molecule has 6 heteroatoms. The van der Waals surface area contributed by atoms with Crippen LogP contribution in [0.25, 0.3) is 10.9 Å². The fraction of sp³-hybridized carbons (Fsp3) is 0.250. The number of nitriles is 1. The van der Waals surface area contributed by atoms with Gasteiger partial charge in [0.2, 0.25) is 0 Å². The van der Waals surface area contributed by atoms with Crippen molar-refractivity contribution in [2.75, 3.05) is 12.4 Å². The predicted octanol–water partition coefficient (Wildman–Crippen LogP) is 4.02. The minimum atomic E-state index is -0.0178. The number of para-hydroxylation sites is 1. The first kappa shape index (κ1) is 18.0. The molecule has 3 rings (SSSR count). The molecule has 0 aliphatic heterocycles. The molecule has 0 N–H and O–H groups in total. The van der Waals surface area contributed by atoms with E-state index in [1.807, 2.05) is 44.2 Å². The Labute approximate surface area is 156 Å². The number of hydrogen-bond acceptors (Lipinski definition) is 5. The number of fused-ring (bicyclic) bond motifs is 1. The molecule has 0 saturated carbocycles. The quantitative estimate of drug-likeness (QED) is 0.375. The van der Waals surface area contributed by atoms with Crippen LogP contribution < -0.4 is 10.3 Å². The molecule has 2 aromatic carbocycles. The second-order valence-electron chi connectivity index (χ2n) is 6.02. The number of hydrogen-bond donors (Lipinski definition) is 0. The molecule has 0 aliphatic carbocycles. The van der Waals surface area contributed by atoms with Crippen LogP contribution in [0.2, 0.25) is 0 Å². The van der Waals surface area contributed by atoms with Crippen LogP contribution in [-0.2, 0) is 0 Å². The Kier molecular flexibility index (Phi) is 5.59. The third-order valence-corrected chi connectivity index (χ3v) is 4.76. The minimum absolute atomic E-state index is 0.0178. The van der Waals surface area contributed by atoms with Crippen molar-refractivity contribution >= 4 is 22.7 Å². The second-order valence-corrected chi connectivity index (χ2v) is 7.08. The molecule has 26 heavy (non-hydrogen) atoms. The number of nitrogens with zero attached hydrogens (tertiary/aromatic N) is 3. The van der Waals surface area contributed by atoms with Crippen molar-refractivity contribution in [3.8, 4) is 11.8 Å². The number of thioether (sulfide) groups is 1. The molecule has 1 aromatic heterocycles. The van der Waals surface area contributed by atoms with Crippen molar-refractivity contribution in [3.63, 3.8) is 0 Å². The normalized spacial score (nSPS) is 10.8. The molecule has 0 atom stereocenters. The molecule has 0 spiro atoms. The summed E-state index contributed by atoms with van der Waals surface area (Å²) in [5.41, 5.74) is 1.26. The molecule has 0 saturated heterocycles. The lowest BCUT2D eigenvalue weighted by Gasteiger charge is -2.16. The number of rotatable bonds is 6. The van der Waals surface area contributed by atoms with Gasteiger partial charge < -0.3 is 4.74 Å². The van der Waals surface area contributed by atoms with Gasteiger partial charge in [-0.2, -0.15) is 5.26 Å². The Morgan fingerprint density at radius 3 is 2.81 bits per heavy atom. The summed E-state index contributed by atoms with van der Waals surface area (Å²) >= 11 is 1.50. The summed E-state index contributed by atoms with van der Waals surface area (Å²) in [5.74, 6) is 1.31. The Bertz CT molecular complexity index is 1020. The maximum Gasteiger partial charge on any atom is 0.262 e. The van der Waals surface area contributed by atoms with Crippen molar-refractivity contribution in [1.82, 2.24) is 9.55 Å².